The standard InChI is InChI=1S/C25H36N2O2S/c1-17(14-22(28)27-13-11-18-10-8-9-12-26-18)30-19-15-20(24(2,3)4)23(29)21(16-19)25(5,6)7/h8-10,12,15-17,29H,11,13-14H2,1-7H3,(H,27,28). The largest absolute Gasteiger partial charge is 0.507 e. The predicted octanol–water partition coefficient (Wildman–Crippen LogP) is 5.61. The summed E-state index contributed by atoms with van der Waals surface area (Å²) in [5.41, 5.74) is 2.56. The van der Waals surface area contributed by atoms with Crippen molar-refractivity contribution in [1.29, 1.82) is 0 Å². The minimum absolute atomic E-state index is 0.0526. The highest BCUT2D eigenvalue weighted by atomic mass is 32.2. The number of aromatic nitrogens is 1. The van der Waals surface area contributed by atoms with Gasteiger partial charge in [0.15, 0.2) is 0 Å². The van der Waals surface area contributed by atoms with Gasteiger partial charge in [-0.1, -0.05) is 54.5 Å². The minimum Gasteiger partial charge on any atom is -0.507 e. The molecule has 0 aliphatic rings. The maximum absolute atomic E-state index is 12.4. The molecular formula is C25H36N2O2S. The number of pyridine rings is 1. The number of amides is 1. The van der Waals surface area contributed by atoms with Gasteiger partial charge in [-0.15, -0.1) is 11.8 Å². The third kappa shape index (κ3) is 7.05. The topological polar surface area (TPSA) is 62.2 Å². The Hall–Kier alpha value is -2.01. The lowest BCUT2D eigenvalue weighted by Crippen LogP contribution is -2.27. The van der Waals surface area contributed by atoms with Crippen LogP contribution < -0.4 is 5.32 Å². The summed E-state index contributed by atoms with van der Waals surface area (Å²) in [7, 11) is 0. The van der Waals surface area contributed by atoms with Gasteiger partial charge in [-0.05, 0) is 35.1 Å². The molecule has 0 saturated heterocycles. The van der Waals surface area contributed by atoms with Crippen molar-refractivity contribution in [3.63, 3.8) is 0 Å². The molecule has 0 spiro atoms. The number of rotatable bonds is 7. The summed E-state index contributed by atoms with van der Waals surface area (Å²) >= 11 is 1.69. The number of aromatic hydroxyl groups is 1. The second-order valence-electron chi connectivity index (χ2n) is 9.92. The number of phenolic OH excluding ortho intramolecular Hbond substituents is 1. The number of hydrogen-bond donors (Lipinski definition) is 2. The van der Waals surface area contributed by atoms with Gasteiger partial charge in [0.2, 0.25) is 5.91 Å². The van der Waals surface area contributed by atoms with Gasteiger partial charge in [0.1, 0.15) is 5.75 Å². The fraction of sp³-hybridized carbons (Fsp3) is 0.520. The van der Waals surface area contributed by atoms with E-state index in [1.807, 2.05) is 18.2 Å². The Morgan fingerprint density at radius 3 is 2.20 bits per heavy atom. The molecule has 4 nitrogen and oxygen atoms in total. The molecule has 0 radical (unpaired) electrons. The Labute approximate surface area is 185 Å². The van der Waals surface area contributed by atoms with Gasteiger partial charge in [0.25, 0.3) is 0 Å². The van der Waals surface area contributed by atoms with Crippen LogP contribution in [0, 0.1) is 0 Å². The second-order valence-corrected chi connectivity index (χ2v) is 11.4. The lowest BCUT2D eigenvalue weighted by molar-refractivity contribution is -0.120. The first-order valence-electron chi connectivity index (χ1n) is 10.6. The quantitative estimate of drug-likeness (QED) is 0.563. The smallest absolute Gasteiger partial charge is 0.221 e. The van der Waals surface area contributed by atoms with E-state index in [1.165, 1.54) is 0 Å². The van der Waals surface area contributed by atoms with E-state index in [9.17, 15) is 9.90 Å². The minimum atomic E-state index is -0.160. The van der Waals surface area contributed by atoms with E-state index < -0.39 is 0 Å². The predicted molar refractivity (Wildman–Crippen MR) is 126 cm³/mol. The molecule has 1 heterocycles. The highest BCUT2D eigenvalue weighted by Crippen LogP contribution is 2.42. The van der Waals surface area contributed by atoms with Crippen LogP contribution in [0.1, 0.15) is 71.7 Å². The molecule has 2 rings (SSSR count). The third-order valence-corrected chi connectivity index (χ3v) is 6.02. The van der Waals surface area contributed by atoms with Crippen molar-refractivity contribution >= 4 is 17.7 Å². The molecule has 0 aliphatic carbocycles. The van der Waals surface area contributed by atoms with E-state index in [4.69, 9.17) is 0 Å². The van der Waals surface area contributed by atoms with E-state index in [-0.39, 0.29) is 22.0 Å². The average molecular weight is 429 g/mol. The van der Waals surface area contributed by atoms with Crippen LogP contribution in [-0.2, 0) is 22.0 Å². The Bertz CT molecular complexity index is 817. The number of benzene rings is 1. The van der Waals surface area contributed by atoms with Gasteiger partial charge in [0, 0.05) is 52.5 Å². The van der Waals surface area contributed by atoms with Crippen molar-refractivity contribution in [2.75, 3.05) is 6.54 Å². The number of thioether (sulfide) groups is 1. The monoisotopic (exact) mass is 428 g/mol. The fourth-order valence-electron chi connectivity index (χ4n) is 3.30. The molecule has 1 aromatic heterocycles. The average Bonchev–Trinajstić information content (AvgIpc) is 2.62. The van der Waals surface area contributed by atoms with Gasteiger partial charge >= 0.3 is 0 Å². The number of hydrogen-bond acceptors (Lipinski definition) is 4. The van der Waals surface area contributed by atoms with Gasteiger partial charge in [-0.2, -0.15) is 0 Å². The molecule has 30 heavy (non-hydrogen) atoms. The summed E-state index contributed by atoms with van der Waals surface area (Å²) in [6, 6.07) is 9.96. The van der Waals surface area contributed by atoms with Crippen molar-refractivity contribution in [3.8, 4) is 5.75 Å². The van der Waals surface area contributed by atoms with Crippen molar-refractivity contribution in [3.05, 3.63) is 53.3 Å². The van der Waals surface area contributed by atoms with Crippen molar-refractivity contribution in [2.45, 2.75) is 82.3 Å². The summed E-state index contributed by atoms with van der Waals surface area (Å²) in [6.45, 7) is 15.3. The van der Waals surface area contributed by atoms with Crippen LogP contribution in [0.15, 0.2) is 41.4 Å². The molecule has 2 aromatic rings. The van der Waals surface area contributed by atoms with Crippen LogP contribution in [0.2, 0.25) is 0 Å². The highest BCUT2D eigenvalue weighted by molar-refractivity contribution is 8.00. The zero-order chi connectivity index (χ0) is 22.5. The van der Waals surface area contributed by atoms with E-state index in [2.05, 4.69) is 70.9 Å². The molecular weight excluding hydrogens is 392 g/mol. The Balaban J connectivity index is 2.03. The molecule has 0 saturated carbocycles. The maximum atomic E-state index is 12.4. The summed E-state index contributed by atoms with van der Waals surface area (Å²) in [5, 5.41) is 14.0. The van der Waals surface area contributed by atoms with Gasteiger partial charge < -0.3 is 10.4 Å². The Morgan fingerprint density at radius 1 is 1.10 bits per heavy atom. The van der Waals surface area contributed by atoms with Crippen LogP contribution in [-0.4, -0.2) is 27.8 Å². The molecule has 0 fully saturated rings. The van der Waals surface area contributed by atoms with E-state index in [0.29, 0.717) is 18.7 Å². The van der Waals surface area contributed by atoms with Crippen LogP contribution in [0.5, 0.6) is 5.75 Å². The van der Waals surface area contributed by atoms with E-state index in [0.717, 1.165) is 28.1 Å². The number of carbonyl (C=O) groups is 1. The number of nitrogens with zero attached hydrogens (tertiary/aromatic N) is 1. The molecule has 0 bridgehead atoms. The number of carbonyl (C=O) groups excluding carboxylic acids is 1. The highest BCUT2D eigenvalue weighted by Gasteiger charge is 2.27. The number of nitrogens with one attached hydrogen (secondary N) is 1. The van der Waals surface area contributed by atoms with Crippen LogP contribution in [0.4, 0.5) is 0 Å². The first-order valence-corrected chi connectivity index (χ1v) is 11.5. The molecule has 164 valence electrons. The van der Waals surface area contributed by atoms with Crippen molar-refractivity contribution in [1.82, 2.24) is 10.3 Å². The van der Waals surface area contributed by atoms with Crippen LogP contribution >= 0.6 is 11.8 Å². The first kappa shape index (κ1) is 24.3. The molecule has 5 heteroatoms. The lowest BCUT2D eigenvalue weighted by Gasteiger charge is -2.28. The zero-order valence-electron chi connectivity index (χ0n) is 19.4. The SMILES string of the molecule is CC(CC(=O)NCCc1ccccn1)Sc1cc(C(C)(C)C)c(O)c(C(C)(C)C)c1. The van der Waals surface area contributed by atoms with Crippen molar-refractivity contribution < 1.29 is 9.90 Å². The lowest BCUT2D eigenvalue weighted by atomic mass is 9.79. The van der Waals surface area contributed by atoms with Crippen LogP contribution in [0.3, 0.4) is 0 Å². The molecule has 1 amide bonds. The van der Waals surface area contributed by atoms with Gasteiger partial charge in [0.05, 0.1) is 0 Å². The van der Waals surface area contributed by atoms with Crippen LogP contribution in [0.25, 0.3) is 0 Å². The molecule has 1 atom stereocenters. The maximum Gasteiger partial charge on any atom is 0.221 e. The Morgan fingerprint density at radius 2 is 1.70 bits per heavy atom. The van der Waals surface area contributed by atoms with E-state index >= 15 is 0 Å². The van der Waals surface area contributed by atoms with E-state index in [1.54, 1.807) is 18.0 Å². The summed E-state index contributed by atoms with van der Waals surface area (Å²) in [6.07, 6.45) is 2.95. The molecule has 1 unspecified atom stereocenters. The number of phenols is 1. The van der Waals surface area contributed by atoms with Crippen molar-refractivity contribution in [2.24, 2.45) is 0 Å². The first-order chi connectivity index (χ1) is 13.9. The molecule has 2 N–H and O–H groups in total. The van der Waals surface area contributed by atoms with Gasteiger partial charge in [-0.25, -0.2) is 0 Å². The fourth-order valence-corrected chi connectivity index (χ4v) is 4.37. The second kappa shape index (κ2) is 9.86. The third-order valence-electron chi connectivity index (χ3n) is 4.94. The summed E-state index contributed by atoms with van der Waals surface area (Å²) in [5.74, 6) is 0.441. The zero-order valence-corrected chi connectivity index (χ0v) is 20.2. The normalized spacial score (nSPS) is 13.2. The molecule has 1 aromatic carbocycles. The summed E-state index contributed by atoms with van der Waals surface area (Å²) < 4.78 is 0. The summed E-state index contributed by atoms with van der Waals surface area (Å²) in [4.78, 5) is 17.7. The molecule has 0 aliphatic heterocycles. The van der Waals surface area contributed by atoms with Gasteiger partial charge in [-0.3, -0.25) is 9.78 Å². The Kier molecular flexibility index (Phi) is 7.98.